The minimum absolute atomic E-state index is 0.631. The van der Waals surface area contributed by atoms with Gasteiger partial charge in [0.1, 0.15) is 0 Å². The Morgan fingerprint density at radius 3 is 2.20 bits per heavy atom. The fraction of sp³-hybridized carbons (Fsp3) is 0.647. The fourth-order valence-electron chi connectivity index (χ4n) is 3.69. The van der Waals surface area contributed by atoms with Crippen molar-refractivity contribution in [2.45, 2.75) is 32.6 Å². The molecule has 2 heterocycles. The molecule has 2 aliphatic heterocycles. The van der Waals surface area contributed by atoms with Crippen LogP contribution < -0.4 is 10.6 Å². The number of benzene rings is 1. The zero-order chi connectivity index (χ0) is 14.2. The van der Waals surface area contributed by atoms with Gasteiger partial charge in [0.25, 0.3) is 0 Å². The van der Waals surface area contributed by atoms with Gasteiger partial charge in [0, 0.05) is 24.5 Å². The van der Waals surface area contributed by atoms with Crippen molar-refractivity contribution in [3.8, 4) is 0 Å². The van der Waals surface area contributed by atoms with E-state index < -0.39 is 0 Å². The third kappa shape index (κ3) is 2.64. The largest absolute Gasteiger partial charge is 0.399 e. The first-order valence-corrected chi connectivity index (χ1v) is 7.88. The summed E-state index contributed by atoms with van der Waals surface area (Å²) in [6.07, 6.45) is 5.48. The molecule has 110 valence electrons. The maximum atomic E-state index is 5.92. The summed E-state index contributed by atoms with van der Waals surface area (Å²) in [6.45, 7) is 7.06. The lowest BCUT2D eigenvalue weighted by Gasteiger charge is -2.47. The average Bonchev–Trinajstić information content (AvgIpc) is 2.46. The van der Waals surface area contributed by atoms with Crippen molar-refractivity contribution >= 4 is 11.4 Å². The second-order valence-electron chi connectivity index (χ2n) is 6.83. The highest BCUT2D eigenvalue weighted by Gasteiger charge is 2.36. The molecule has 0 atom stereocenters. The Balaban J connectivity index is 1.65. The van der Waals surface area contributed by atoms with Gasteiger partial charge in [0.05, 0.1) is 0 Å². The van der Waals surface area contributed by atoms with E-state index >= 15 is 0 Å². The van der Waals surface area contributed by atoms with Crippen LogP contribution in [0.25, 0.3) is 0 Å². The molecule has 2 fully saturated rings. The van der Waals surface area contributed by atoms with E-state index in [1.54, 1.807) is 0 Å². The van der Waals surface area contributed by atoms with Gasteiger partial charge in [-0.1, -0.05) is 0 Å². The van der Waals surface area contributed by atoms with Gasteiger partial charge < -0.3 is 15.5 Å². The highest BCUT2D eigenvalue weighted by Crippen LogP contribution is 2.41. The molecule has 0 unspecified atom stereocenters. The van der Waals surface area contributed by atoms with E-state index in [1.807, 2.05) is 6.07 Å². The quantitative estimate of drug-likeness (QED) is 0.799. The van der Waals surface area contributed by atoms with Crippen molar-refractivity contribution in [1.82, 2.24) is 4.90 Å². The number of nitrogens with zero attached hydrogens (tertiary/aromatic N) is 2. The number of aryl methyl sites for hydroxylation is 1. The monoisotopic (exact) mass is 273 g/mol. The number of piperidine rings is 2. The molecule has 3 nitrogen and oxygen atoms in total. The van der Waals surface area contributed by atoms with E-state index in [-0.39, 0.29) is 0 Å². The summed E-state index contributed by atoms with van der Waals surface area (Å²) in [5.74, 6) is 0. The first-order valence-electron chi connectivity index (χ1n) is 7.88. The van der Waals surface area contributed by atoms with E-state index in [2.05, 4.69) is 35.9 Å². The van der Waals surface area contributed by atoms with Crippen LogP contribution in [0.15, 0.2) is 18.2 Å². The molecule has 3 rings (SSSR count). The van der Waals surface area contributed by atoms with Crippen LogP contribution in [-0.4, -0.2) is 38.1 Å². The van der Waals surface area contributed by atoms with Crippen molar-refractivity contribution in [2.24, 2.45) is 5.41 Å². The molecule has 0 saturated carbocycles. The van der Waals surface area contributed by atoms with Crippen LogP contribution in [0.1, 0.15) is 31.2 Å². The molecule has 2 saturated heterocycles. The molecular weight excluding hydrogens is 246 g/mol. The van der Waals surface area contributed by atoms with Crippen LogP contribution in [0, 0.1) is 12.3 Å². The third-order valence-corrected chi connectivity index (χ3v) is 5.49. The maximum Gasteiger partial charge on any atom is 0.0370 e. The molecule has 0 amide bonds. The number of nitrogen functional groups attached to an aromatic ring is 1. The van der Waals surface area contributed by atoms with Crippen LogP contribution in [0.5, 0.6) is 0 Å². The van der Waals surface area contributed by atoms with E-state index in [0.717, 1.165) is 5.69 Å². The highest BCUT2D eigenvalue weighted by atomic mass is 15.1. The standard InChI is InChI=1S/C17H27N3/c1-14-13-15(3-4-16(14)18)20-11-7-17(8-12-20)5-9-19(2)10-6-17/h3-4,13H,5-12,18H2,1-2H3. The molecule has 0 bridgehead atoms. The number of likely N-dealkylation sites (tertiary alicyclic amines) is 1. The topological polar surface area (TPSA) is 32.5 Å². The molecule has 2 N–H and O–H groups in total. The van der Waals surface area contributed by atoms with Gasteiger partial charge in [-0.25, -0.2) is 0 Å². The van der Waals surface area contributed by atoms with E-state index in [1.165, 1.54) is 63.1 Å². The lowest BCUT2D eigenvalue weighted by molar-refractivity contribution is 0.0945. The minimum Gasteiger partial charge on any atom is -0.399 e. The number of rotatable bonds is 1. The Bertz CT molecular complexity index is 465. The zero-order valence-electron chi connectivity index (χ0n) is 12.9. The molecule has 2 aliphatic rings. The molecule has 0 radical (unpaired) electrons. The average molecular weight is 273 g/mol. The van der Waals surface area contributed by atoms with Crippen molar-refractivity contribution in [3.05, 3.63) is 23.8 Å². The molecule has 0 aliphatic carbocycles. The van der Waals surface area contributed by atoms with Crippen LogP contribution in [0.3, 0.4) is 0 Å². The molecular formula is C17H27N3. The summed E-state index contributed by atoms with van der Waals surface area (Å²) in [7, 11) is 2.25. The Labute approximate surface area is 122 Å². The zero-order valence-corrected chi connectivity index (χ0v) is 12.9. The lowest BCUT2D eigenvalue weighted by Crippen LogP contribution is -2.46. The van der Waals surface area contributed by atoms with Crippen LogP contribution in [0.2, 0.25) is 0 Å². The van der Waals surface area contributed by atoms with Gasteiger partial charge in [0.2, 0.25) is 0 Å². The summed E-state index contributed by atoms with van der Waals surface area (Å²) in [6, 6.07) is 6.46. The Morgan fingerprint density at radius 1 is 1.00 bits per heavy atom. The number of anilines is 2. The van der Waals surface area contributed by atoms with E-state index in [4.69, 9.17) is 5.73 Å². The van der Waals surface area contributed by atoms with Gasteiger partial charge in [-0.05, 0) is 81.9 Å². The predicted molar refractivity (Wildman–Crippen MR) is 86.2 cm³/mol. The molecule has 3 heteroatoms. The van der Waals surface area contributed by atoms with Crippen molar-refractivity contribution in [3.63, 3.8) is 0 Å². The van der Waals surface area contributed by atoms with Crippen molar-refractivity contribution in [2.75, 3.05) is 43.9 Å². The lowest BCUT2D eigenvalue weighted by atomic mass is 9.71. The number of nitrogens with two attached hydrogens (primary N) is 1. The van der Waals surface area contributed by atoms with E-state index in [0.29, 0.717) is 5.41 Å². The Hall–Kier alpha value is -1.22. The second kappa shape index (κ2) is 5.28. The first-order chi connectivity index (χ1) is 9.58. The van der Waals surface area contributed by atoms with Crippen molar-refractivity contribution < 1.29 is 0 Å². The molecule has 1 aromatic rings. The predicted octanol–water partition coefficient (Wildman–Crippen LogP) is 2.89. The number of hydrogen-bond acceptors (Lipinski definition) is 3. The maximum absolute atomic E-state index is 5.92. The SMILES string of the molecule is Cc1cc(N2CCC3(CCN(C)CC3)CC2)ccc1N. The van der Waals surface area contributed by atoms with Gasteiger partial charge in [-0.3, -0.25) is 0 Å². The van der Waals surface area contributed by atoms with Gasteiger partial charge in [-0.2, -0.15) is 0 Å². The van der Waals surface area contributed by atoms with Crippen LogP contribution in [0.4, 0.5) is 11.4 Å². The normalized spacial score (nSPS) is 23.2. The molecule has 0 aromatic heterocycles. The molecule has 20 heavy (non-hydrogen) atoms. The van der Waals surface area contributed by atoms with Gasteiger partial charge in [-0.15, -0.1) is 0 Å². The Kier molecular flexibility index (Phi) is 3.63. The summed E-state index contributed by atoms with van der Waals surface area (Å²) in [5.41, 5.74) is 9.99. The second-order valence-corrected chi connectivity index (χ2v) is 6.83. The molecule has 1 spiro atoms. The minimum atomic E-state index is 0.631. The van der Waals surface area contributed by atoms with Crippen LogP contribution >= 0.6 is 0 Å². The van der Waals surface area contributed by atoms with Gasteiger partial charge in [0.15, 0.2) is 0 Å². The first kappa shape index (κ1) is 13.7. The third-order valence-electron chi connectivity index (χ3n) is 5.49. The van der Waals surface area contributed by atoms with Gasteiger partial charge >= 0.3 is 0 Å². The van der Waals surface area contributed by atoms with E-state index in [9.17, 15) is 0 Å². The Morgan fingerprint density at radius 2 is 1.60 bits per heavy atom. The van der Waals surface area contributed by atoms with Crippen molar-refractivity contribution in [1.29, 1.82) is 0 Å². The van der Waals surface area contributed by atoms with Crippen LogP contribution in [-0.2, 0) is 0 Å². The summed E-state index contributed by atoms with van der Waals surface area (Å²) < 4.78 is 0. The summed E-state index contributed by atoms with van der Waals surface area (Å²) in [5, 5.41) is 0. The number of hydrogen-bond donors (Lipinski definition) is 1. The summed E-state index contributed by atoms with van der Waals surface area (Å²) in [4.78, 5) is 5.01. The molecule has 1 aromatic carbocycles. The highest BCUT2D eigenvalue weighted by molar-refractivity contribution is 5.58. The fourth-order valence-corrected chi connectivity index (χ4v) is 3.69. The summed E-state index contributed by atoms with van der Waals surface area (Å²) >= 11 is 0. The smallest absolute Gasteiger partial charge is 0.0370 e.